The summed E-state index contributed by atoms with van der Waals surface area (Å²) >= 11 is 1.28. The van der Waals surface area contributed by atoms with Crippen molar-refractivity contribution < 1.29 is 23.6 Å². The van der Waals surface area contributed by atoms with E-state index in [1.165, 1.54) is 16.2 Å². The van der Waals surface area contributed by atoms with Gasteiger partial charge in [0.2, 0.25) is 6.79 Å². The largest absolute Gasteiger partial charge is 0.454 e. The molecule has 1 aliphatic rings. The molecular weight excluding hydrogens is 422 g/mol. The smallest absolute Gasteiger partial charge is 0.321 e. The summed E-state index contributed by atoms with van der Waals surface area (Å²) in [7, 11) is 1.68. The number of urea groups is 1. The zero-order valence-electron chi connectivity index (χ0n) is 17.2. The molecule has 0 radical (unpaired) electrons. The third-order valence-corrected chi connectivity index (χ3v) is 5.46. The number of benzene rings is 1. The van der Waals surface area contributed by atoms with Crippen molar-refractivity contribution in [1.29, 1.82) is 0 Å². The van der Waals surface area contributed by atoms with Crippen molar-refractivity contribution in [3.8, 4) is 11.5 Å². The first kappa shape index (κ1) is 20.7. The number of aromatic nitrogens is 2. The fraction of sp³-hybridized carbons (Fsp3) is 0.300. The minimum atomic E-state index is -0.376. The lowest BCUT2D eigenvalue weighted by Gasteiger charge is -2.15. The number of thiazole rings is 1. The predicted octanol–water partition coefficient (Wildman–Crippen LogP) is 3.07. The van der Waals surface area contributed by atoms with Gasteiger partial charge in [-0.05, 0) is 31.5 Å². The highest BCUT2D eigenvalue weighted by molar-refractivity contribution is 7.13. The molecule has 0 spiro atoms. The molecule has 3 amide bonds. The molecule has 0 saturated heterocycles. The first-order valence-electron chi connectivity index (χ1n) is 9.47. The third-order valence-electron chi connectivity index (χ3n) is 4.66. The Bertz CT molecular complexity index is 1110. The molecule has 0 unspecified atom stereocenters. The van der Waals surface area contributed by atoms with Gasteiger partial charge in [0.25, 0.3) is 5.91 Å². The van der Waals surface area contributed by atoms with Gasteiger partial charge in [0, 0.05) is 19.0 Å². The number of fused-ring (bicyclic) bond motifs is 1. The number of hydrogen-bond donors (Lipinski definition) is 2. The summed E-state index contributed by atoms with van der Waals surface area (Å²) in [5.74, 6) is 1.65. The Morgan fingerprint density at radius 2 is 2.03 bits per heavy atom. The molecule has 0 aliphatic carbocycles. The van der Waals surface area contributed by atoms with Crippen molar-refractivity contribution in [2.24, 2.45) is 0 Å². The number of hydrogen-bond acceptors (Lipinski definition) is 8. The highest BCUT2D eigenvalue weighted by atomic mass is 32.1. The molecule has 2 N–H and O–H groups in total. The van der Waals surface area contributed by atoms with Crippen LogP contribution >= 0.6 is 11.3 Å². The highest BCUT2D eigenvalue weighted by Gasteiger charge is 2.22. The van der Waals surface area contributed by atoms with Gasteiger partial charge in [-0.3, -0.25) is 10.1 Å². The summed E-state index contributed by atoms with van der Waals surface area (Å²) in [6.45, 7) is 4.26. The molecule has 1 aliphatic heterocycles. The van der Waals surface area contributed by atoms with Crippen molar-refractivity contribution in [3.63, 3.8) is 0 Å². The second kappa shape index (κ2) is 8.64. The summed E-state index contributed by atoms with van der Waals surface area (Å²) < 4.78 is 15.7. The van der Waals surface area contributed by atoms with Crippen molar-refractivity contribution in [2.75, 3.05) is 19.2 Å². The molecule has 0 atom stereocenters. The van der Waals surface area contributed by atoms with Gasteiger partial charge in [-0.25, -0.2) is 9.78 Å². The van der Waals surface area contributed by atoms with Gasteiger partial charge >= 0.3 is 6.03 Å². The molecule has 3 heterocycles. The number of anilines is 1. The zero-order chi connectivity index (χ0) is 22.0. The number of amides is 3. The van der Waals surface area contributed by atoms with Gasteiger partial charge in [0.1, 0.15) is 11.3 Å². The van der Waals surface area contributed by atoms with E-state index in [-0.39, 0.29) is 18.7 Å². The predicted molar refractivity (Wildman–Crippen MR) is 112 cm³/mol. The number of aryl methyl sites for hydroxylation is 2. The van der Waals surface area contributed by atoms with Gasteiger partial charge in [-0.15, -0.1) is 11.3 Å². The standard InChI is InChI=1S/C20H21N5O5S/c1-11-17(12(2)30-24-11)18(26)25(3)8-14-9-31-20(22-14)23-19(27)21-7-13-4-5-15-16(6-13)29-10-28-15/h4-6,9H,7-8,10H2,1-3H3,(H2,21,22,23,27). The van der Waals surface area contributed by atoms with Crippen LogP contribution in [0, 0.1) is 13.8 Å². The first-order chi connectivity index (χ1) is 14.9. The SMILES string of the molecule is Cc1noc(C)c1C(=O)N(C)Cc1csc(NC(=O)NCc2ccc3c(c2)OCO3)n1. The number of rotatable bonds is 6. The summed E-state index contributed by atoms with van der Waals surface area (Å²) in [6, 6.07) is 5.13. The minimum Gasteiger partial charge on any atom is -0.454 e. The maximum Gasteiger partial charge on any atom is 0.321 e. The van der Waals surface area contributed by atoms with Gasteiger partial charge in [0.05, 0.1) is 17.9 Å². The van der Waals surface area contributed by atoms with E-state index in [0.29, 0.717) is 52.4 Å². The molecule has 162 valence electrons. The highest BCUT2D eigenvalue weighted by Crippen LogP contribution is 2.32. The molecule has 0 fully saturated rings. The molecule has 0 bridgehead atoms. The number of carbonyl (C=O) groups excluding carboxylic acids is 2. The van der Waals surface area contributed by atoms with Crippen molar-refractivity contribution in [1.82, 2.24) is 20.4 Å². The summed E-state index contributed by atoms with van der Waals surface area (Å²) in [5.41, 5.74) is 2.56. The summed E-state index contributed by atoms with van der Waals surface area (Å²) in [4.78, 5) is 30.7. The minimum absolute atomic E-state index is 0.194. The van der Waals surface area contributed by atoms with Crippen LogP contribution in [0.2, 0.25) is 0 Å². The fourth-order valence-electron chi connectivity index (χ4n) is 3.11. The lowest BCUT2D eigenvalue weighted by atomic mass is 10.2. The molecule has 3 aromatic rings. The first-order valence-corrected chi connectivity index (χ1v) is 10.3. The molecule has 1 aromatic carbocycles. The Morgan fingerprint density at radius 1 is 1.23 bits per heavy atom. The van der Waals surface area contributed by atoms with Gasteiger partial charge in [-0.2, -0.15) is 0 Å². The third kappa shape index (κ3) is 4.61. The van der Waals surface area contributed by atoms with Crippen LogP contribution in [-0.2, 0) is 13.1 Å². The van der Waals surface area contributed by atoms with Gasteiger partial charge < -0.3 is 24.2 Å². The van der Waals surface area contributed by atoms with E-state index >= 15 is 0 Å². The number of nitrogens with zero attached hydrogens (tertiary/aromatic N) is 3. The van der Waals surface area contributed by atoms with Gasteiger partial charge in [-0.1, -0.05) is 11.2 Å². The van der Waals surface area contributed by atoms with Crippen LogP contribution in [0.25, 0.3) is 0 Å². The molecule has 4 rings (SSSR count). The van der Waals surface area contributed by atoms with Gasteiger partial charge in [0.15, 0.2) is 16.6 Å². The monoisotopic (exact) mass is 443 g/mol. The number of ether oxygens (including phenoxy) is 2. The van der Waals surface area contributed by atoms with Crippen LogP contribution in [0.15, 0.2) is 28.1 Å². The Morgan fingerprint density at radius 3 is 2.81 bits per heavy atom. The van der Waals surface area contributed by atoms with E-state index in [4.69, 9.17) is 14.0 Å². The maximum atomic E-state index is 12.6. The molecule has 31 heavy (non-hydrogen) atoms. The van der Waals surface area contributed by atoms with E-state index in [1.807, 2.05) is 18.2 Å². The Balaban J connectivity index is 1.29. The van der Waals surface area contributed by atoms with Crippen molar-refractivity contribution >= 4 is 28.4 Å². The normalized spacial score (nSPS) is 12.0. The summed E-state index contributed by atoms with van der Waals surface area (Å²) in [6.07, 6.45) is 0. The van der Waals surface area contributed by atoms with E-state index in [9.17, 15) is 9.59 Å². The van der Waals surface area contributed by atoms with Crippen LogP contribution in [0.3, 0.4) is 0 Å². The van der Waals surface area contributed by atoms with Crippen LogP contribution in [0.5, 0.6) is 11.5 Å². The van der Waals surface area contributed by atoms with E-state index in [2.05, 4.69) is 20.8 Å². The average molecular weight is 443 g/mol. The van der Waals surface area contributed by atoms with Crippen LogP contribution in [0.4, 0.5) is 9.93 Å². The quantitative estimate of drug-likeness (QED) is 0.601. The van der Waals surface area contributed by atoms with E-state index < -0.39 is 0 Å². The Labute approximate surface area is 182 Å². The van der Waals surface area contributed by atoms with Crippen LogP contribution in [-0.4, -0.2) is 40.8 Å². The number of carbonyl (C=O) groups is 2. The lowest BCUT2D eigenvalue weighted by Crippen LogP contribution is -2.28. The molecule has 10 nitrogen and oxygen atoms in total. The maximum absolute atomic E-state index is 12.6. The lowest BCUT2D eigenvalue weighted by molar-refractivity contribution is 0.0781. The Kier molecular flexibility index (Phi) is 5.76. The molecule has 0 saturated carbocycles. The molecule has 2 aromatic heterocycles. The second-order valence-corrected chi connectivity index (χ2v) is 7.86. The van der Waals surface area contributed by atoms with Crippen LogP contribution in [0.1, 0.15) is 33.1 Å². The van der Waals surface area contributed by atoms with Crippen molar-refractivity contribution in [3.05, 3.63) is 51.9 Å². The van der Waals surface area contributed by atoms with E-state index in [1.54, 1.807) is 26.3 Å². The molecule has 11 heteroatoms. The summed E-state index contributed by atoms with van der Waals surface area (Å²) in [5, 5.41) is 11.5. The zero-order valence-corrected chi connectivity index (χ0v) is 18.0. The van der Waals surface area contributed by atoms with Crippen molar-refractivity contribution in [2.45, 2.75) is 26.9 Å². The topological polar surface area (TPSA) is 119 Å². The fourth-order valence-corrected chi connectivity index (χ4v) is 3.80. The van der Waals surface area contributed by atoms with Crippen LogP contribution < -0.4 is 20.1 Å². The molecular formula is C20H21N5O5S. The number of nitrogens with one attached hydrogen (secondary N) is 2. The Hall–Kier alpha value is -3.60. The second-order valence-electron chi connectivity index (χ2n) is 7.00. The van der Waals surface area contributed by atoms with E-state index in [0.717, 1.165) is 5.56 Å². The average Bonchev–Trinajstić information content (AvgIpc) is 3.46.